The van der Waals surface area contributed by atoms with Crippen LogP contribution in [0, 0.1) is 22.7 Å². The van der Waals surface area contributed by atoms with Crippen molar-refractivity contribution in [2.75, 3.05) is 0 Å². The first kappa shape index (κ1) is 17.8. The van der Waals surface area contributed by atoms with E-state index in [4.69, 9.17) is 10.5 Å². The van der Waals surface area contributed by atoms with Gasteiger partial charge in [0, 0.05) is 29.0 Å². The summed E-state index contributed by atoms with van der Waals surface area (Å²) < 4.78 is 0. The van der Waals surface area contributed by atoms with E-state index in [9.17, 15) is 0 Å². The van der Waals surface area contributed by atoms with Gasteiger partial charge in [-0.05, 0) is 12.1 Å². The Hall–Kier alpha value is -0.586. The monoisotopic (exact) mass is 254 g/mol. The molecule has 0 rings (SSSR count). The van der Waals surface area contributed by atoms with Crippen molar-refractivity contribution in [2.24, 2.45) is 0 Å². The number of nitrogens with zero attached hydrogens (tertiary/aromatic N) is 2. The summed E-state index contributed by atoms with van der Waals surface area (Å²) >= 11 is 0. The lowest BCUT2D eigenvalue weighted by atomic mass is 10.6. The molecule has 92 valence electrons. The Labute approximate surface area is 103 Å². The van der Waals surface area contributed by atoms with E-state index in [0.717, 1.165) is 24.9 Å². The molecule has 0 aliphatic carbocycles. The summed E-state index contributed by atoms with van der Waals surface area (Å²) in [6.07, 6.45) is 1.49. The third kappa shape index (κ3) is 23.3. The molecule has 0 heterocycles. The molecule has 0 radical (unpaired) electrons. The summed E-state index contributed by atoms with van der Waals surface area (Å²) in [5, 5.41) is 16.4. The van der Waals surface area contributed by atoms with Crippen LogP contribution in [0.3, 0.4) is 0 Å². The largest absolute Gasteiger partial charge is 0.198 e. The lowest BCUT2D eigenvalue weighted by Gasteiger charge is -2.11. The van der Waals surface area contributed by atoms with E-state index in [1.807, 2.05) is 0 Å². The van der Waals surface area contributed by atoms with Crippen LogP contribution in [0.25, 0.3) is 0 Å². The second-order valence-electron chi connectivity index (χ2n) is 6.44. The van der Waals surface area contributed by atoms with Crippen molar-refractivity contribution in [3.05, 3.63) is 0 Å². The van der Waals surface area contributed by atoms with Crippen LogP contribution in [0.2, 0.25) is 51.4 Å². The van der Waals surface area contributed by atoms with Gasteiger partial charge < -0.3 is 0 Å². The van der Waals surface area contributed by atoms with Crippen molar-refractivity contribution in [3.8, 4) is 12.1 Å². The molecule has 0 spiro atoms. The number of hydrogen-bond donors (Lipinski definition) is 0. The van der Waals surface area contributed by atoms with E-state index in [-0.39, 0.29) is 0 Å². The molecule has 0 saturated heterocycles. The van der Waals surface area contributed by atoms with Crippen LogP contribution in [0.4, 0.5) is 0 Å². The fourth-order valence-corrected chi connectivity index (χ4v) is 2.59. The van der Waals surface area contributed by atoms with Gasteiger partial charge in [0.1, 0.15) is 0 Å². The van der Waals surface area contributed by atoms with Crippen LogP contribution < -0.4 is 0 Å². The fraction of sp³-hybridized carbons (Fsp3) is 0.833. The molecule has 4 heteroatoms. The van der Waals surface area contributed by atoms with Crippen molar-refractivity contribution < 1.29 is 0 Å². The van der Waals surface area contributed by atoms with Gasteiger partial charge >= 0.3 is 0 Å². The molecule has 0 unspecified atom stereocenters. The maximum atomic E-state index is 8.20. The highest BCUT2D eigenvalue weighted by Gasteiger charge is 2.11. The van der Waals surface area contributed by atoms with Crippen molar-refractivity contribution >= 4 is 16.1 Å². The second kappa shape index (κ2) is 8.55. The Morgan fingerprint density at radius 1 is 0.688 bits per heavy atom. The molecule has 0 saturated carbocycles. The van der Waals surface area contributed by atoms with Crippen molar-refractivity contribution in [1.29, 1.82) is 10.5 Å². The molecular formula is C12H26N2Si2. The Morgan fingerprint density at radius 2 is 0.938 bits per heavy atom. The minimum absolute atomic E-state index is 0.746. The number of rotatable bonds is 4. The summed E-state index contributed by atoms with van der Waals surface area (Å²) in [7, 11) is -1.80. The highest BCUT2D eigenvalue weighted by Crippen LogP contribution is 2.09. The average Bonchev–Trinajstić information content (AvgIpc) is 2.10. The molecule has 0 amide bonds. The van der Waals surface area contributed by atoms with Crippen molar-refractivity contribution in [2.45, 2.75) is 64.2 Å². The Morgan fingerprint density at radius 3 is 1.00 bits per heavy atom. The zero-order valence-corrected chi connectivity index (χ0v) is 13.7. The lowest BCUT2D eigenvalue weighted by molar-refractivity contribution is 1.16. The highest BCUT2D eigenvalue weighted by molar-refractivity contribution is 6.76. The van der Waals surface area contributed by atoms with E-state index in [2.05, 4.69) is 51.4 Å². The Kier molecular flexibility index (Phi) is 9.51. The summed E-state index contributed by atoms with van der Waals surface area (Å²) in [5.41, 5.74) is 0. The molecule has 0 aliphatic heterocycles. The first-order valence-electron chi connectivity index (χ1n) is 5.86. The molecular weight excluding hydrogens is 228 g/mol. The van der Waals surface area contributed by atoms with Gasteiger partial charge in [0.25, 0.3) is 0 Å². The third-order valence-corrected chi connectivity index (χ3v) is 5.47. The van der Waals surface area contributed by atoms with Crippen LogP contribution in [0.15, 0.2) is 0 Å². The number of nitriles is 2. The molecule has 0 aromatic carbocycles. The summed E-state index contributed by atoms with van der Waals surface area (Å²) in [4.78, 5) is 0. The zero-order chi connectivity index (χ0) is 13.2. The topological polar surface area (TPSA) is 47.6 Å². The van der Waals surface area contributed by atoms with Crippen LogP contribution in [0.1, 0.15) is 12.8 Å². The molecule has 0 atom stereocenters. The second-order valence-corrected chi connectivity index (χ2v) is 17.7. The van der Waals surface area contributed by atoms with Gasteiger partial charge in [-0.3, -0.25) is 0 Å². The maximum Gasteiger partial charge on any atom is 0.0618 e. The quantitative estimate of drug-likeness (QED) is 0.695. The van der Waals surface area contributed by atoms with Gasteiger partial charge in [0.2, 0.25) is 0 Å². The summed E-state index contributed by atoms with van der Waals surface area (Å²) in [5.74, 6) is 0. The van der Waals surface area contributed by atoms with E-state index >= 15 is 0 Å². The molecule has 0 aliphatic rings. The predicted molar refractivity (Wildman–Crippen MR) is 76.8 cm³/mol. The fourth-order valence-electron chi connectivity index (χ4n) is 0.862. The summed E-state index contributed by atoms with van der Waals surface area (Å²) in [6, 6.07) is 6.60. The maximum absolute atomic E-state index is 8.20. The van der Waals surface area contributed by atoms with Gasteiger partial charge in [-0.15, -0.1) is 0 Å². The van der Waals surface area contributed by atoms with Crippen LogP contribution in [0.5, 0.6) is 0 Å². The Balaban J connectivity index is 0. The molecule has 16 heavy (non-hydrogen) atoms. The van der Waals surface area contributed by atoms with Gasteiger partial charge in [-0.25, -0.2) is 0 Å². The van der Waals surface area contributed by atoms with Crippen LogP contribution in [-0.4, -0.2) is 16.1 Å². The van der Waals surface area contributed by atoms with Gasteiger partial charge in [0.05, 0.1) is 12.1 Å². The van der Waals surface area contributed by atoms with Crippen molar-refractivity contribution in [1.82, 2.24) is 0 Å². The van der Waals surface area contributed by atoms with Crippen molar-refractivity contribution in [3.63, 3.8) is 0 Å². The molecule has 2 nitrogen and oxygen atoms in total. The van der Waals surface area contributed by atoms with Crippen LogP contribution in [-0.2, 0) is 0 Å². The molecule has 0 aromatic rings. The summed E-state index contributed by atoms with van der Waals surface area (Å²) in [6.45, 7) is 13.7. The smallest absolute Gasteiger partial charge is 0.0618 e. The molecule has 0 aromatic heterocycles. The Bertz CT molecular complexity index is 220. The van der Waals surface area contributed by atoms with E-state index in [1.165, 1.54) is 0 Å². The van der Waals surface area contributed by atoms with E-state index < -0.39 is 16.1 Å². The third-order valence-electron chi connectivity index (χ3n) is 1.97. The molecule has 0 bridgehead atoms. The van der Waals surface area contributed by atoms with Crippen LogP contribution >= 0.6 is 0 Å². The van der Waals surface area contributed by atoms with E-state index in [1.54, 1.807) is 0 Å². The SMILES string of the molecule is C[Si](C)(C)CCC#N.C[Si](C)(C)CCC#N. The molecule has 0 N–H and O–H groups in total. The predicted octanol–water partition coefficient (Wildman–Crippen LogP) is 4.48. The minimum atomic E-state index is -0.901. The molecule has 0 fully saturated rings. The highest BCUT2D eigenvalue weighted by atomic mass is 28.3. The van der Waals surface area contributed by atoms with Gasteiger partial charge in [0.15, 0.2) is 0 Å². The average molecular weight is 255 g/mol. The first-order valence-corrected chi connectivity index (χ1v) is 13.3. The normalized spacial score (nSPS) is 10.8. The minimum Gasteiger partial charge on any atom is -0.198 e. The zero-order valence-electron chi connectivity index (χ0n) is 11.7. The van der Waals surface area contributed by atoms with Gasteiger partial charge in [-0.1, -0.05) is 39.3 Å². The standard InChI is InChI=1S/2C6H13NSi/c2*1-8(2,3)6-4-5-7/h2*4,6H2,1-3H3. The number of hydrogen-bond acceptors (Lipinski definition) is 2. The first-order chi connectivity index (χ1) is 7.12. The lowest BCUT2D eigenvalue weighted by Crippen LogP contribution is -2.18. The van der Waals surface area contributed by atoms with E-state index in [0.29, 0.717) is 0 Å². The van der Waals surface area contributed by atoms with Gasteiger partial charge in [-0.2, -0.15) is 10.5 Å².